The summed E-state index contributed by atoms with van der Waals surface area (Å²) >= 11 is 9.16. The normalized spacial score (nSPS) is 20.1. The molecule has 0 saturated carbocycles. The molecule has 1 aromatic rings. The second kappa shape index (κ2) is 5.03. The van der Waals surface area contributed by atoms with Gasteiger partial charge >= 0.3 is 10.2 Å². The van der Waals surface area contributed by atoms with Crippen molar-refractivity contribution in [2.45, 2.75) is 18.6 Å². The molecule has 8 heteroatoms. The van der Waals surface area contributed by atoms with Crippen molar-refractivity contribution in [2.75, 3.05) is 11.4 Å². The quantitative estimate of drug-likeness (QED) is 0.752. The van der Waals surface area contributed by atoms with Crippen molar-refractivity contribution in [3.63, 3.8) is 0 Å². The van der Waals surface area contributed by atoms with Crippen LogP contribution in [-0.2, 0) is 15.0 Å². The molecule has 0 radical (unpaired) electrons. The summed E-state index contributed by atoms with van der Waals surface area (Å²) in [7, 11) is -4.71. The van der Waals surface area contributed by atoms with Crippen molar-refractivity contribution in [2.24, 2.45) is 0 Å². The fourth-order valence-electron chi connectivity index (χ4n) is 2.12. The molecule has 1 unspecified atom stereocenters. The van der Waals surface area contributed by atoms with Crippen LogP contribution in [-0.4, -0.2) is 26.1 Å². The topological polar surface area (TPSA) is 54.5 Å². The number of amides is 1. The molecule has 2 rings (SSSR count). The van der Waals surface area contributed by atoms with Crippen LogP contribution in [0.4, 0.5) is 9.57 Å². The van der Waals surface area contributed by atoms with Gasteiger partial charge in [-0.2, -0.15) is 8.42 Å². The van der Waals surface area contributed by atoms with Gasteiger partial charge in [-0.1, -0.05) is 11.6 Å². The Bertz CT molecular complexity index is 626. The van der Waals surface area contributed by atoms with Crippen LogP contribution in [0.15, 0.2) is 16.6 Å². The van der Waals surface area contributed by atoms with E-state index in [2.05, 4.69) is 15.9 Å². The molecule has 1 amide bonds. The van der Waals surface area contributed by atoms with E-state index < -0.39 is 21.4 Å². The zero-order chi connectivity index (χ0) is 14.4. The highest BCUT2D eigenvalue weighted by atomic mass is 79.9. The summed E-state index contributed by atoms with van der Waals surface area (Å²) in [5.41, 5.74) is 1.24. The van der Waals surface area contributed by atoms with Gasteiger partial charge in [-0.25, -0.2) is 0 Å². The van der Waals surface area contributed by atoms with Gasteiger partial charge in [-0.15, -0.1) is 3.89 Å². The number of carbonyl (C=O) groups is 1. The molecule has 0 aromatic heterocycles. The summed E-state index contributed by atoms with van der Waals surface area (Å²) in [6.07, 6.45) is -0.340. The van der Waals surface area contributed by atoms with Crippen molar-refractivity contribution < 1.29 is 17.1 Å². The minimum absolute atomic E-state index is 0.182. The van der Waals surface area contributed by atoms with E-state index in [1.165, 1.54) is 4.90 Å². The third-order valence-corrected chi connectivity index (χ3v) is 4.91. The summed E-state index contributed by atoms with van der Waals surface area (Å²) in [5.74, 6) is -0.419. The standard InChI is InChI=1S/C11H10BrClFNO3S/c1-6-2-7(13)3-9(12)11(6)15-5-8(4-10(15)16)19(14,17)18/h2-3,8H,4-5H2,1H3. The third-order valence-electron chi connectivity index (χ3n) is 2.98. The summed E-state index contributed by atoms with van der Waals surface area (Å²) < 4.78 is 35.4. The molecule has 1 aromatic carbocycles. The number of hydrogen-bond acceptors (Lipinski definition) is 3. The van der Waals surface area contributed by atoms with Gasteiger partial charge in [-0.3, -0.25) is 4.79 Å². The number of anilines is 1. The molecule has 0 N–H and O–H groups in total. The van der Waals surface area contributed by atoms with Crippen LogP contribution < -0.4 is 4.90 Å². The Balaban J connectivity index is 2.42. The molecule has 1 saturated heterocycles. The maximum Gasteiger partial charge on any atom is 0.307 e. The van der Waals surface area contributed by atoms with Crippen molar-refractivity contribution in [3.05, 3.63) is 27.2 Å². The Morgan fingerprint density at radius 2 is 2.11 bits per heavy atom. The van der Waals surface area contributed by atoms with Crippen molar-refractivity contribution >= 4 is 49.3 Å². The Kier molecular flexibility index (Phi) is 3.90. The van der Waals surface area contributed by atoms with Crippen LogP contribution in [0.2, 0.25) is 5.02 Å². The van der Waals surface area contributed by atoms with Crippen LogP contribution in [0, 0.1) is 6.92 Å². The van der Waals surface area contributed by atoms with Crippen molar-refractivity contribution in [1.82, 2.24) is 0 Å². The van der Waals surface area contributed by atoms with Crippen LogP contribution >= 0.6 is 27.5 Å². The van der Waals surface area contributed by atoms with Gasteiger partial charge < -0.3 is 4.90 Å². The highest BCUT2D eigenvalue weighted by molar-refractivity contribution is 9.10. The van der Waals surface area contributed by atoms with Gasteiger partial charge in [-0.05, 0) is 40.5 Å². The first-order valence-corrected chi connectivity index (χ1v) is 8.01. The molecular formula is C11H10BrClFNO3S. The molecular weight excluding hydrogens is 361 g/mol. The lowest BCUT2D eigenvalue weighted by molar-refractivity contribution is -0.117. The van der Waals surface area contributed by atoms with Gasteiger partial charge in [0.2, 0.25) is 5.91 Å². The molecule has 1 aliphatic rings. The Morgan fingerprint density at radius 3 is 2.58 bits per heavy atom. The van der Waals surface area contributed by atoms with E-state index in [1.54, 1.807) is 19.1 Å². The molecule has 0 bridgehead atoms. The maximum absolute atomic E-state index is 13.0. The lowest BCUT2D eigenvalue weighted by Gasteiger charge is -2.20. The number of hydrogen-bond donors (Lipinski definition) is 0. The van der Waals surface area contributed by atoms with Gasteiger partial charge in [0.15, 0.2) is 0 Å². The third kappa shape index (κ3) is 2.93. The predicted molar refractivity (Wildman–Crippen MR) is 74.7 cm³/mol. The van der Waals surface area contributed by atoms with E-state index >= 15 is 0 Å². The summed E-state index contributed by atoms with van der Waals surface area (Å²) in [4.78, 5) is 13.1. The fraction of sp³-hybridized carbons (Fsp3) is 0.364. The summed E-state index contributed by atoms with van der Waals surface area (Å²) in [5, 5.41) is -0.809. The second-order valence-corrected chi connectivity index (χ2v) is 7.27. The average molecular weight is 371 g/mol. The van der Waals surface area contributed by atoms with Gasteiger partial charge in [0.05, 0.1) is 5.69 Å². The molecule has 1 atom stereocenters. The molecule has 1 fully saturated rings. The Hall–Kier alpha value is -0.660. The molecule has 0 aliphatic carbocycles. The predicted octanol–water partition coefficient (Wildman–Crippen LogP) is 2.82. The molecule has 104 valence electrons. The maximum atomic E-state index is 13.0. The van der Waals surface area contributed by atoms with Crippen LogP contribution in [0.3, 0.4) is 0 Å². The van der Waals surface area contributed by atoms with E-state index in [0.29, 0.717) is 20.7 Å². The number of rotatable bonds is 2. The Morgan fingerprint density at radius 1 is 1.47 bits per heavy atom. The molecule has 0 spiro atoms. The zero-order valence-electron chi connectivity index (χ0n) is 9.86. The largest absolute Gasteiger partial charge is 0.310 e. The first-order valence-electron chi connectivity index (χ1n) is 5.39. The minimum Gasteiger partial charge on any atom is -0.310 e. The highest BCUT2D eigenvalue weighted by Gasteiger charge is 2.40. The van der Waals surface area contributed by atoms with Gasteiger partial charge in [0, 0.05) is 22.5 Å². The monoisotopic (exact) mass is 369 g/mol. The molecule has 1 heterocycles. The van der Waals surface area contributed by atoms with E-state index in [9.17, 15) is 17.1 Å². The van der Waals surface area contributed by atoms with Gasteiger partial charge in [0.1, 0.15) is 5.25 Å². The van der Waals surface area contributed by atoms with Crippen LogP contribution in [0.5, 0.6) is 0 Å². The lowest BCUT2D eigenvalue weighted by atomic mass is 10.2. The van der Waals surface area contributed by atoms with Crippen LogP contribution in [0.1, 0.15) is 12.0 Å². The lowest BCUT2D eigenvalue weighted by Crippen LogP contribution is -2.27. The van der Waals surface area contributed by atoms with Crippen LogP contribution in [0.25, 0.3) is 0 Å². The number of carbonyl (C=O) groups excluding carboxylic acids is 1. The number of nitrogens with zero attached hydrogens (tertiary/aromatic N) is 1. The van der Waals surface area contributed by atoms with E-state index in [0.717, 1.165) is 0 Å². The van der Waals surface area contributed by atoms with E-state index in [-0.39, 0.29) is 13.0 Å². The van der Waals surface area contributed by atoms with Crippen molar-refractivity contribution in [1.29, 1.82) is 0 Å². The van der Waals surface area contributed by atoms with Gasteiger partial charge in [0.25, 0.3) is 0 Å². The number of benzene rings is 1. The van der Waals surface area contributed by atoms with E-state index in [1.807, 2.05) is 0 Å². The summed E-state index contributed by atoms with van der Waals surface area (Å²) in [6, 6.07) is 3.26. The first kappa shape index (κ1) is 14.7. The molecule has 1 aliphatic heterocycles. The number of halogens is 3. The molecule has 4 nitrogen and oxygen atoms in total. The highest BCUT2D eigenvalue weighted by Crippen LogP contribution is 2.36. The number of aryl methyl sites for hydroxylation is 1. The summed E-state index contributed by atoms with van der Waals surface area (Å²) in [6.45, 7) is 1.56. The SMILES string of the molecule is Cc1cc(Cl)cc(Br)c1N1CC(S(=O)(=O)F)CC1=O. The van der Waals surface area contributed by atoms with E-state index in [4.69, 9.17) is 11.6 Å². The molecule has 19 heavy (non-hydrogen) atoms. The fourth-order valence-corrected chi connectivity index (χ4v) is 3.96. The smallest absolute Gasteiger partial charge is 0.307 e. The minimum atomic E-state index is -4.71. The van der Waals surface area contributed by atoms with Crippen molar-refractivity contribution in [3.8, 4) is 0 Å². The average Bonchev–Trinajstić information content (AvgIpc) is 2.59. The first-order chi connectivity index (χ1) is 8.70. The zero-order valence-corrected chi connectivity index (χ0v) is 13.0. The second-order valence-electron chi connectivity index (χ2n) is 4.36. The Labute approximate surface area is 123 Å².